The van der Waals surface area contributed by atoms with Crippen molar-refractivity contribution in [3.05, 3.63) is 89.0 Å². The van der Waals surface area contributed by atoms with Gasteiger partial charge in [0.15, 0.2) is 5.78 Å². The fraction of sp³-hybridized carbons (Fsp3) is 0.323. The summed E-state index contributed by atoms with van der Waals surface area (Å²) in [5, 5.41) is 0. The molecule has 0 N–H and O–H groups in total. The molecule has 0 radical (unpaired) electrons. The smallest absolute Gasteiger partial charge is 0.185 e. The van der Waals surface area contributed by atoms with Gasteiger partial charge in [-0.1, -0.05) is 30.3 Å². The van der Waals surface area contributed by atoms with E-state index in [0.717, 1.165) is 48.6 Å². The van der Waals surface area contributed by atoms with Gasteiger partial charge < -0.3 is 19.4 Å². The highest BCUT2D eigenvalue weighted by molar-refractivity contribution is 6.07. The van der Waals surface area contributed by atoms with Crippen molar-refractivity contribution in [3.63, 3.8) is 0 Å². The van der Waals surface area contributed by atoms with Crippen LogP contribution in [0, 0.1) is 6.92 Å². The van der Waals surface area contributed by atoms with E-state index >= 15 is 0 Å². The molecule has 0 aromatic heterocycles. The Morgan fingerprint density at radius 1 is 1.00 bits per heavy atom. The molecule has 0 atom stereocenters. The van der Waals surface area contributed by atoms with Crippen molar-refractivity contribution in [1.82, 2.24) is 9.80 Å². The molecule has 0 bridgehead atoms. The SMILES string of the molecule is COc1ccc(C(=O)C=Cc2cc(-c3ccccc3C)ccc2N2CCN(C)CC2)cc1CN(C)C. The first-order chi connectivity index (χ1) is 17.4. The van der Waals surface area contributed by atoms with Crippen molar-refractivity contribution in [2.75, 3.05) is 59.3 Å². The molecule has 1 aliphatic heterocycles. The summed E-state index contributed by atoms with van der Waals surface area (Å²) in [6.45, 7) is 6.85. The predicted octanol–water partition coefficient (Wildman–Crippen LogP) is 5.38. The molecule has 1 aliphatic rings. The maximum atomic E-state index is 13.2. The van der Waals surface area contributed by atoms with Crippen LogP contribution in [0.25, 0.3) is 17.2 Å². The number of methoxy groups -OCH3 is 1. The molecule has 1 fully saturated rings. The van der Waals surface area contributed by atoms with Gasteiger partial charge in [-0.2, -0.15) is 0 Å². The van der Waals surface area contributed by atoms with E-state index < -0.39 is 0 Å². The van der Waals surface area contributed by atoms with Gasteiger partial charge in [-0.05, 0) is 92.8 Å². The van der Waals surface area contributed by atoms with Crippen molar-refractivity contribution < 1.29 is 9.53 Å². The predicted molar refractivity (Wildman–Crippen MR) is 150 cm³/mol. The van der Waals surface area contributed by atoms with Crippen molar-refractivity contribution in [2.24, 2.45) is 0 Å². The molecule has 5 nitrogen and oxygen atoms in total. The first-order valence-corrected chi connectivity index (χ1v) is 12.5. The summed E-state index contributed by atoms with van der Waals surface area (Å²) >= 11 is 0. The van der Waals surface area contributed by atoms with Crippen molar-refractivity contribution >= 4 is 17.5 Å². The summed E-state index contributed by atoms with van der Waals surface area (Å²) < 4.78 is 5.50. The Labute approximate surface area is 215 Å². The molecule has 3 aromatic rings. The summed E-state index contributed by atoms with van der Waals surface area (Å²) in [6, 6.07) is 20.7. The molecule has 1 heterocycles. The summed E-state index contributed by atoms with van der Waals surface area (Å²) in [4.78, 5) is 20.1. The first kappa shape index (κ1) is 25.7. The molecule has 0 amide bonds. The number of allylic oxidation sites excluding steroid dienone is 1. The van der Waals surface area contributed by atoms with Crippen LogP contribution in [-0.2, 0) is 6.54 Å². The normalized spacial score (nSPS) is 14.6. The Hall–Kier alpha value is -3.41. The lowest BCUT2D eigenvalue weighted by Crippen LogP contribution is -2.44. The number of likely N-dealkylation sites (N-methyl/N-ethyl adjacent to an activating group) is 1. The molecule has 0 spiro atoms. The zero-order valence-corrected chi connectivity index (χ0v) is 22.1. The van der Waals surface area contributed by atoms with E-state index in [2.05, 4.69) is 71.1 Å². The summed E-state index contributed by atoms with van der Waals surface area (Å²) in [5.74, 6) is 0.788. The van der Waals surface area contributed by atoms with Crippen molar-refractivity contribution in [2.45, 2.75) is 13.5 Å². The topological polar surface area (TPSA) is 36.0 Å². The second-order valence-electron chi connectivity index (χ2n) is 9.84. The zero-order valence-electron chi connectivity index (χ0n) is 22.1. The Morgan fingerprint density at radius 3 is 2.44 bits per heavy atom. The Balaban J connectivity index is 1.68. The average Bonchev–Trinajstić information content (AvgIpc) is 2.87. The van der Waals surface area contributed by atoms with Gasteiger partial charge in [0.25, 0.3) is 0 Å². The van der Waals surface area contributed by atoms with Gasteiger partial charge in [0, 0.05) is 49.5 Å². The lowest BCUT2D eigenvalue weighted by Gasteiger charge is -2.35. The minimum absolute atomic E-state index is 0.0109. The standard InChI is InChI=1S/C31H37N3O2/c1-23-8-6-7-9-28(23)24-10-13-29(34-18-16-33(4)17-19-34)25(20-24)11-14-30(35)26-12-15-31(36-5)27(21-26)22-32(2)3/h6-15,20-21H,16-19,22H2,1-5H3. The van der Waals surface area contributed by atoms with Crippen molar-refractivity contribution in [3.8, 4) is 16.9 Å². The van der Waals surface area contributed by atoms with E-state index in [0.29, 0.717) is 12.1 Å². The van der Waals surface area contributed by atoms with Crippen LogP contribution in [0.15, 0.2) is 66.7 Å². The number of aryl methyl sites for hydroxylation is 1. The van der Waals surface area contributed by atoms with Gasteiger partial charge in [-0.3, -0.25) is 4.79 Å². The monoisotopic (exact) mass is 483 g/mol. The number of carbonyl (C=O) groups excluding carboxylic acids is 1. The van der Waals surface area contributed by atoms with E-state index in [9.17, 15) is 4.79 Å². The van der Waals surface area contributed by atoms with Crippen LogP contribution in [0.4, 0.5) is 5.69 Å². The van der Waals surface area contributed by atoms with Gasteiger partial charge in [0.05, 0.1) is 7.11 Å². The molecule has 1 saturated heterocycles. The minimum Gasteiger partial charge on any atom is -0.496 e. The molecule has 5 heteroatoms. The number of anilines is 1. The van der Waals surface area contributed by atoms with Gasteiger partial charge in [0.2, 0.25) is 0 Å². The highest BCUT2D eigenvalue weighted by Gasteiger charge is 2.17. The van der Waals surface area contributed by atoms with Gasteiger partial charge in [0.1, 0.15) is 5.75 Å². The van der Waals surface area contributed by atoms with E-state index in [-0.39, 0.29) is 5.78 Å². The highest BCUT2D eigenvalue weighted by Crippen LogP contribution is 2.31. The Morgan fingerprint density at radius 2 is 1.75 bits per heavy atom. The lowest BCUT2D eigenvalue weighted by atomic mass is 9.97. The molecule has 188 valence electrons. The third-order valence-electron chi connectivity index (χ3n) is 6.79. The van der Waals surface area contributed by atoms with Crippen LogP contribution in [-0.4, -0.2) is 70.0 Å². The fourth-order valence-corrected chi connectivity index (χ4v) is 4.75. The van der Waals surface area contributed by atoms with Gasteiger partial charge in [-0.25, -0.2) is 0 Å². The van der Waals surface area contributed by atoms with Crippen molar-refractivity contribution in [1.29, 1.82) is 0 Å². The Kier molecular flexibility index (Phi) is 8.24. The number of carbonyl (C=O) groups is 1. The van der Waals surface area contributed by atoms with Gasteiger partial charge >= 0.3 is 0 Å². The van der Waals surface area contributed by atoms with Crippen LogP contribution in [0.1, 0.15) is 27.0 Å². The summed E-state index contributed by atoms with van der Waals surface area (Å²) in [6.07, 6.45) is 3.69. The number of piperazine rings is 1. The fourth-order valence-electron chi connectivity index (χ4n) is 4.75. The maximum absolute atomic E-state index is 13.2. The van der Waals surface area contributed by atoms with Crippen LogP contribution in [0.5, 0.6) is 5.75 Å². The van der Waals surface area contributed by atoms with Crippen LogP contribution >= 0.6 is 0 Å². The van der Waals surface area contributed by atoms with Crippen LogP contribution in [0.2, 0.25) is 0 Å². The summed E-state index contributed by atoms with van der Waals surface area (Å²) in [5.41, 5.74) is 7.52. The second kappa shape index (κ2) is 11.5. The molecule has 0 aliphatic carbocycles. The number of ether oxygens (including phenoxy) is 1. The molecule has 0 unspecified atom stereocenters. The third kappa shape index (κ3) is 6.04. The lowest BCUT2D eigenvalue weighted by molar-refractivity contribution is 0.104. The molecule has 0 saturated carbocycles. The third-order valence-corrected chi connectivity index (χ3v) is 6.79. The maximum Gasteiger partial charge on any atom is 0.185 e. The molecular formula is C31H37N3O2. The number of hydrogen-bond donors (Lipinski definition) is 0. The van der Waals surface area contributed by atoms with Crippen LogP contribution < -0.4 is 9.64 Å². The van der Waals surface area contributed by atoms with E-state index in [1.807, 2.05) is 38.4 Å². The number of rotatable bonds is 8. The molecule has 36 heavy (non-hydrogen) atoms. The Bertz CT molecular complexity index is 1240. The van der Waals surface area contributed by atoms with Gasteiger partial charge in [-0.15, -0.1) is 0 Å². The zero-order chi connectivity index (χ0) is 25.7. The van der Waals surface area contributed by atoms with E-state index in [1.54, 1.807) is 13.2 Å². The first-order valence-electron chi connectivity index (χ1n) is 12.5. The summed E-state index contributed by atoms with van der Waals surface area (Å²) in [7, 11) is 7.85. The average molecular weight is 484 g/mol. The number of hydrogen-bond acceptors (Lipinski definition) is 5. The molecular weight excluding hydrogens is 446 g/mol. The molecule has 4 rings (SSSR count). The minimum atomic E-state index is -0.0109. The van der Waals surface area contributed by atoms with E-state index in [4.69, 9.17) is 4.74 Å². The number of ketones is 1. The molecule has 3 aromatic carbocycles. The largest absolute Gasteiger partial charge is 0.496 e. The number of benzene rings is 3. The second-order valence-corrected chi connectivity index (χ2v) is 9.84. The number of nitrogens with zero attached hydrogens (tertiary/aromatic N) is 3. The van der Waals surface area contributed by atoms with Crippen LogP contribution in [0.3, 0.4) is 0 Å². The highest BCUT2D eigenvalue weighted by atomic mass is 16.5. The quantitative estimate of drug-likeness (QED) is 0.318. The van der Waals surface area contributed by atoms with E-state index in [1.165, 1.54) is 16.8 Å².